The van der Waals surface area contributed by atoms with Gasteiger partial charge in [-0.1, -0.05) is 13.8 Å². The molecule has 1 saturated carbocycles. The molecule has 0 aromatic carbocycles. The van der Waals surface area contributed by atoms with Crippen molar-refractivity contribution < 1.29 is 9.59 Å². The van der Waals surface area contributed by atoms with Crippen LogP contribution in [0.3, 0.4) is 0 Å². The number of piperidine rings is 1. The van der Waals surface area contributed by atoms with Gasteiger partial charge in [0.15, 0.2) is 0 Å². The Morgan fingerprint density at radius 2 is 1.82 bits per heavy atom. The third-order valence-corrected chi connectivity index (χ3v) is 3.83. The molecule has 5 heteroatoms. The first-order valence-corrected chi connectivity index (χ1v) is 5.54. The van der Waals surface area contributed by atoms with E-state index in [0.717, 1.165) is 0 Å². The summed E-state index contributed by atoms with van der Waals surface area (Å²) in [7, 11) is 0. The second-order valence-electron chi connectivity index (χ2n) is 5.23. The number of anilines is 2. The van der Waals surface area contributed by atoms with Crippen LogP contribution in [-0.4, -0.2) is 16.8 Å². The van der Waals surface area contributed by atoms with Gasteiger partial charge in [0, 0.05) is 0 Å². The largest absolute Gasteiger partial charge is 0.384 e. The summed E-state index contributed by atoms with van der Waals surface area (Å²) >= 11 is 0. The molecule has 2 unspecified atom stereocenters. The van der Waals surface area contributed by atoms with Crippen LogP contribution in [0.25, 0.3) is 0 Å². The van der Waals surface area contributed by atoms with Crippen molar-refractivity contribution >= 4 is 23.3 Å². The summed E-state index contributed by atoms with van der Waals surface area (Å²) in [5.41, 5.74) is 5.81. The lowest BCUT2D eigenvalue weighted by molar-refractivity contribution is -0.125. The van der Waals surface area contributed by atoms with Gasteiger partial charge in [-0.3, -0.25) is 9.59 Å². The Bertz CT molecular complexity index is 497. The molecule has 3 rings (SSSR count). The van der Waals surface area contributed by atoms with E-state index in [1.807, 2.05) is 13.8 Å². The van der Waals surface area contributed by atoms with E-state index in [1.165, 1.54) is 11.1 Å². The van der Waals surface area contributed by atoms with Gasteiger partial charge in [-0.05, 0) is 17.5 Å². The number of nitrogens with zero attached hydrogens (tertiary/aromatic N) is 2. The molecule has 5 nitrogen and oxygen atoms in total. The van der Waals surface area contributed by atoms with Gasteiger partial charge in [-0.25, -0.2) is 9.88 Å². The molecule has 1 aromatic rings. The number of amides is 2. The number of pyridine rings is 1. The average molecular weight is 231 g/mol. The van der Waals surface area contributed by atoms with Crippen molar-refractivity contribution in [3.05, 3.63) is 18.3 Å². The van der Waals surface area contributed by atoms with E-state index in [9.17, 15) is 9.59 Å². The van der Waals surface area contributed by atoms with Gasteiger partial charge in [-0.2, -0.15) is 0 Å². The van der Waals surface area contributed by atoms with Crippen LogP contribution in [0.5, 0.6) is 0 Å². The normalized spacial score (nSPS) is 29.4. The minimum Gasteiger partial charge on any atom is -0.384 e. The summed E-state index contributed by atoms with van der Waals surface area (Å²) in [6.07, 6.45) is 1.46. The summed E-state index contributed by atoms with van der Waals surface area (Å²) in [6, 6.07) is 3.24. The minimum atomic E-state index is -0.175. The van der Waals surface area contributed by atoms with E-state index >= 15 is 0 Å². The lowest BCUT2D eigenvalue weighted by Crippen LogP contribution is -2.36. The van der Waals surface area contributed by atoms with E-state index in [-0.39, 0.29) is 29.1 Å². The highest BCUT2D eigenvalue weighted by atomic mass is 16.2. The molecule has 1 aliphatic heterocycles. The molecule has 0 radical (unpaired) electrons. The summed E-state index contributed by atoms with van der Waals surface area (Å²) in [6.45, 7) is 3.91. The first kappa shape index (κ1) is 10.3. The van der Waals surface area contributed by atoms with Crippen molar-refractivity contribution in [2.24, 2.45) is 17.3 Å². The number of nitrogen functional groups attached to an aromatic ring is 1. The SMILES string of the molecule is CC1(C)C2C(=O)N(c3ccc(N)nc3)C(=O)C21. The lowest BCUT2D eigenvalue weighted by Gasteiger charge is -2.20. The van der Waals surface area contributed by atoms with Gasteiger partial charge in [-0.15, -0.1) is 0 Å². The van der Waals surface area contributed by atoms with E-state index in [1.54, 1.807) is 12.1 Å². The highest BCUT2D eigenvalue weighted by molar-refractivity contribution is 6.25. The Balaban J connectivity index is 1.95. The van der Waals surface area contributed by atoms with Crippen molar-refractivity contribution in [1.29, 1.82) is 0 Å². The second kappa shape index (κ2) is 2.85. The van der Waals surface area contributed by atoms with Crippen LogP contribution in [0.2, 0.25) is 0 Å². The van der Waals surface area contributed by atoms with Crippen LogP contribution < -0.4 is 10.6 Å². The zero-order chi connectivity index (χ0) is 12.4. The summed E-state index contributed by atoms with van der Waals surface area (Å²) in [5, 5.41) is 0. The summed E-state index contributed by atoms with van der Waals surface area (Å²) in [4.78, 5) is 29.3. The highest BCUT2D eigenvalue weighted by Crippen LogP contribution is 2.63. The minimum absolute atomic E-state index is 0.114. The van der Waals surface area contributed by atoms with Crippen LogP contribution in [0, 0.1) is 17.3 Å². The number of carbonyl (C=O) groups is 2. The third-order valence-electron chi connectivity index (χ3n) is 3.83. The van der Waals surface area contributed by atoms with Crippen LogP contribution in [0.4, 0.5) is 11.5 Å². The number of hydrogen-bond donors (Lipinski definition) is 1. The molecular weight excluding hydrogens is 218 g/mol. The van der Waals surface area contributed by atoms with Crippen molar-refractivity contribution in [2.45, 2.75) is 13.8 Å². The molecular formula is C12H13N3O2. The molecule has 1 saturated heterocycles. The molecule has 0 spiro atoms. The smallest absolute Gasteiger partial charge is 0.238 e. The number of imide groups is 1. The maximum Gasteiger partial charge on any atom is 0.238 e. The van der Waals surface area contributed by atoms with Gasteiger partial charge < -0.3 is 5.73 Å². The number of hydrogen-bond acceptors (Lipinski definition) is 4. The maximum absolute atomic E-state index is 12.1. The van der Waals surface area contributed by atoms with Gasteiger partial charge in [0.05, 0.1) is 23.7 Å². The Kier molecular flexibility index (Phi) is 1.72. The summed E-state index contributed by atoms with van der Waals surface area (Å²) in [5.74, 6) is -0.174. The molecule has 2 amide bonds. The predicted octanol–water partition coefficient (Wildman–Crippen LogP) is 0.809. The van der Waals surface area contributed by atoms with Crippen LogP contribution in [0.15, 0.2) is 18.3 Å². The van der Waals surface area contributed by atoms with E-state index in [0.29, 0.717) is 11.5 Å². The van der Waals surface area contributed by atoms with Gasteiger partial charge in [0.2, 0.25) is 11.8 Å². The van der Waals surface area contributed by atoms with Crippen LogP contribution >= 0.6 is 0 Å². The van der Waals surface area contributed by atoms with Crippen molar-refractivity contribution in [3.8, 4) is 0 Å². The van der Waals surface area contributed by atoms with Gasteiger partial charge in [0.1, 0.15) is 5.82 Å². The molecule has 2 atom stereocenters. The zero-order valence-electron chi connectivity index (χ0n) is 9.68. The lowest BCUT2D eigenvalue weighted by atomic mass is 10.1. The number of carbonyl (C=O) groups excluding carboxylic acids is 2. The molecule has 88 valence electrons. The predicted molar refractivity (Wildman–Crippen MR) is 61.9 cm³/mol. The first-order valence-electron chi connectivity index (χ1n) is 5.54. The number of aromatic nitrogens is 1. The van der Waals surface area contributed by atoms with Crippen molar-refractivity contribution in [1.82, 2.24) is 4.98 Å². The Hall–Kier alpha value is -1.91. The fourth-order valence-corrected chi connectivity index (χ4v) is 2.73. The summed E-state index contributed by atoms with van der Waals surface area (Å²) < 4.78 is 0. The number of nitrogens with two attached hydrogens (primary N) is 1. The van der Waals surface area contributed by atoms with Crippen molar-refractivity contribution in [3.63, 3.8) is 0 Å². The second-order valence-corrected chi connectivity index (χ2v) is 5.23. The molecule has 2 heterocycles. The molecule has 1 aromatic heterocycles. The monoisotopic (exact) mass is 231 g/mol. The van der Waals surface area contributed by atoms with E-state index in [2.05, 4.69) is 4.98 Å². The number of fused-ring (bicyclic) bond motifs is 1. The molecule has 1 aliphatic carbocycles. The van der Waals surface area contributed by atoms with Gasteiger partial charge in [0.25, 0.3) is 0 Å². The quantitative estimate of drug-likeness (QED) is 0.725. The molecule has 0 bridgehead atoms. The Morgan fingerprint density at radius 3 is 2.29 bits per heavy atom. The Labute approximate surface area is 98.6 Å². The average Bonchev–Trinajstić information content (AvgIpc) is 2.72. The van der Waals surface area contributed by atoms with Crippen LogP contribution in [0.1, 0.15) is 13.8 Å². The fourth-order valence-electron chi connectivity index (χ4n) is 2.73. The van der Waals surface area contributed by atoms with Crippen molar-refractivity contribution in [2.75, 3.05) is 10.6 Å². The molecule has 17 heavy (non-hydrogen) atoms. The fraction of sp³-hybridized carbons (Fsp3) is 0.417. The topological polar surface area (TPSA) is 76.3 Å². The molecule has 2 aliphatic rings. The standard InChI is InChI=1S/C12H13N3O2/c1-12(2)8-9(12)11(17)15(10(8)16)6-3-4-7(13)14-5-6/h3-5,8-9H,1-2H3,(H2,13,14). The highest BCUT2D eigenvalue weighted by Gasteiger charge is 2.72. The molecule has 2 fully saturated rings. The Morgan fingerprint density at radius 1 is 1.24 bits per heavy atom. The van der Waals surface area contributed by atoms with E-state index < -0.39 is 0 Å². The molecule has 2 N–H and O–H groups in total. The van der Waals surface area contributed by atoms with Gasteiger partial charge >= 0.3 is 0 Å². The maximum atomic E-state index is 12.1. The first-order chi connectivity index (χ1) is 7.94. The van der Waals surface area contributed by atoms with Crippen LogP contribution in [-0.2, 0) is 9.59 Å². The van der Waals surface area contributed by atoms with E-state index in [4.69, 9.17) is 5.73 Å². The third kappa shape index (κ3) is 1.16. The zero-order valence-corrected chi connectivity index (χ0v) is 9.68. The number of rotatable bonds is 1.